The molecule has 0 amide bonds. The molecular weight excluding hydrogens is 518 g/mol. The monoisotopic (exact) mass is 535 g/mol. The fraction of sp³-hybridized carbons (Fsp3) is 0.115. The van der Waals surface area contributed by atoms with Crippen molar-refractivity contribution in [2.24, 2.45) is 4.99 Å². The number of furan rings is 1. The van der Waals surface area contributed by atoms with Crippen molar-refractivity contribution in [1.82, 2.24) is 4.57 Å². The van der Waals surface area contributed by atoms with Crippen molar-refractivity contribution in [1.29, 1.82) is 0 Å². The van der Waals surface area contributed by atoms with Gasteiger partial charge in [-0.3, -0.25) is 19.5 Å². The molecule has 0 N–H and O–H groups in total. The molecule has 0 aliphatic carbocycles. The second kappa shape index (κ2) is 9.64. The van der Waals surface area contributed by atoms with Crippen LogP contribution in [-0.2, 0) is 9.53 Å². The Labute approximate surface area is 218 Å². The molecule has 1 aliphatic rings. The molecule has 11 heteroatoms. The maximum absolute atomic E-state index is 13.6. The Hall–Kier alpha value is -4.28. The average Bonchev–Trinajstić information content (AvgIpc) is 3.47. The molecule has 0 spiro atoms. The Kier molecular flexibility index (Phi) is 6.36. The number of carbonyl (C=O) groups is 1. The van der Waals surface area contributed by atoms with E-state index < -0.39 is 16.9 Å². The first-order valence-corrected chi connectivity index (χ1v) is 12.2. The summed E-state index contributed by atoms with van der Waals surface area (Å²) in [6.45, 7) is 1.71. The number of nitro groups is 1. The molecule has 0 bridgehead atoms. The maximum atomic E-state index is 13.6. The minimum Gasteiger partial charge on any atom is -0.466 e. The number of rotatable bonds is 5. The minimum atomic E-state index is -0.706. The van der Waals surface area contributed by atoms with Crippen LogP contribution in [0.15, 0.2) is 86.1 Å². The van der Waals surface area contributed by atoms with Gasteiger partial charge in [0.05, 0.1) is 38.9 Å². The molecule has 1 unspecified atom stereocenters. The highest BCUT2D eigenvalue weighted by Gasteiger charge is 2.33. The number of aromatic nitrogens is 1. The standard InChI is InChI=1S/C26H18ClN3O6S/c1-14-22(25(32)35-2)23(15-6-4-3-5-7-15)29-24(31)21(37-26(29)28-14)13-17-9-11-20(36-17)18-12-16(30(33)34)8-10-19(18)27/h3-13,23H,1-2H3. The molecule has 1 aliphatic heterocycles. The first-order chi connectivity index (χ1) is 17.8. The number of halogens is 1. The summed E-state index contributed by atoms with van der Waals surface area (Å²) in [5.74, 6) is 0.107. The fourth-order valence-corrected chi connectivity index (χ4v) is 5.40. The number of thiazole rings is 1. The molecule has 0 fully saturated rings. The van der Waals surface area contributed by atoms with Crippen molar-refractivity contribution in [3.05, 3.63) is 118 Å². The highest BCUT2D eigenvalue weighted by molar-refractivity contribution is 7.07. The van der Waals surface area contributed by atoms with E-state index in [2.05, 4.69) is 4.99 Å². The van der Waals surface area contributed by atoms with Gasteiger partial charge >= 0.3 is 5.97 Å². The zero-order valence-electron chi connectivity index (χ0n) is 19.5. The summed E-state index contributed by atoms with van der Waals surface area (Å²) >= 11 is 7.40. The lowest BCUT2D eigenvalue weighted by Gasteiger charge is -2.24. The van der Waals surface area contributed by atoms with Crippen LogP contribution in [0.5, 0.6) is 0 Å². The van der Waals surface area contributed by atoms with Crippen LogP contribution in [0.3, 0.4) is 0 Å². The SMILES string of the molecule is COC(=O)C1=C(C)N=c2sc(=Cc3ccc(-c4cc([N+](=O)[O-])ccc4Cl)o3)c(=O)n2C1c1ccccc1. The molecule has 9 nitrogen and oxygen atoms in total. The van der Waals surface area contributed by atoms with Crippen LogP contribution in [0.2, 0.25) is 5.02 Å². The number of non-ortho nitro benzene ring substituents is 1. The molecule has 0 saturated carbocycles. The Balaban J connectivity index is 1.63. The lowest BCUT2D eigenvalue weighted by molar-refractivity contribution is -0.384. The molecule has 3 heterocycles. The molecule has 2 aromatic carbocycles. The van der Waals surface area contributed by atoms with Crippen molar-refractivity contribution in [3.8, 4) is 11.3 Å². The van der Waals surface area contributed by atoms with Crippen LogP contribution < -0.4 is 14.9 Å². The zero-order valence-corrected chi connectivity index (χ0v) is 21.1. The van der Waals surface area contributed by atoms with E-state index in [4.69, 9.17) is 20.8 Å². The number of methoxy groups -OCH3 is 1. The Morgan fingerprint density at radius 1 is 1.22 bits per heavy atom. The summed E-state index contributed by atoms with van der Waals surface area (Å²) in [5, 5.41) is 11.5. The largest absolute Gasteiger partial charge is 0.466 e. The van der Waals surface area contributed by atoms with Gasteiger partial charge in [0.1, 0.15) is 11.5 Å². The summed E-state index contributed by atoms with van der Waals surface area (Å²) < 4.78 is 12.7. The molecule has 0 radical (unpaired) electrons. The van der Waals surface area contributed by atoms with E-state index in [-0.39, 0.29) is 16.8 Å². The van der Waals surface area contributed by atoms with E-state index in [9.17, 15) is 19.7 Å². The highest BCUT2D eigenvalue weighted by atomic mass is 35.5. The number of carbonyl (C=O) groups excluding carboxylic acids is 1. The summed E-state index contributed by atoms with van der Waals surface area (Å²) in [5.41, 5.74) is 1.38. The zero-order chi connectivity index (χ0) is 26.3. The summed E-state index contributed by atoms with van der Waals surface area (Å²) in [6, 6.07) is 15.8. The van der Waals surface area contributed by atoms with E-state index in [0.717, 1.165) is 16.9 Å². The van der Waals surface area contributed by atoms with Crippen LogP contribution in [0.1, 0.15) is 24.3 Å². The van der Waals surface area contributed by atoms with Gasteiger partial charge < -0.3 is 9.15 Å². The average molecular weight is 536 g/mol. The van der Waals surface area contributed by atoms with Gasteiger partial charge in [0.2, 0.25) is 0 Å². The second-order valence-corrected chi connectivity index (χ2v) is 9.52. The lowest BCUT2D eigenvalue weighted by Crippen LogP contribution is -2.39. The quantitative estimate of drug-likeness (QED) is 0.214. The Morgan fingerprint density at radius 3 is 2.68 bits per heavy atom. The molecule has 4 aromatic rings. The van der Waals surface area contributed by atoms with E-state index in [1.54, 1.807) is 25.1 Å². The number of esters is 1. The van der Waals surface area contributed by atoms with E-state index in [1.807, 2.05) is 30.3 Å². The highest BCUT2D eigenvalue weighted by Crippen LogP contribution is 2.33. The third kappa shape index (κ3) is 4.41. The smallest absolute Gasteiger partial charge is 0.338 e. The van der Waals surface area contributed by atoms with Gasteiger partial charge in [0.25, 0.3) is 11.2 Å². The molecule has 5 rings (SSSR count). The predicted molar refractivity (Wildman–Crippen MR) is 138 cm³/mol. The lowest BCUT2D eigenvalue weighted by atomic mass is 9.96. The van der Waals surface area contributed by atoms with E-state index >= 15 is 0 Å². The molecule has 186 valence electrons. The molecule has 1 atom stereocenters. The predicted octanol–water partition coefficient (Wildman–Crippen LogP) is 4.23. The fourth-order valence-electron chi connectivity index (χ4n) is 4.16. The molecular formula is C26H18ClN3O6S. The number of hydrogen-bond donors (Lipinski definition) is 0. The normalized spacial score (nSPS) is 15.3. The van der Waals surface area contributed by atoms with Crippen LogP contribution in [0.4, 0.5) is 5.69 Å². The number of benzene rings is 2. The Bertz CT molecular complexity index is 1770. The van der Waals surface area contributed by atoms with Crippen molar-refractivity contribution < 1.29 is 18.9 Å². The first kappa shape index (κ1) is 24.4. The van der Waals surface area contributed by atoms with E-state index in [1.165, 1.54) is 29.9 Å². The van der Waals surface area contributed by atoms with Crippen molar-refractivity contribution in [2.45, 2.75) is 13.0 Å². The number of nitro benzene ring substituents is 1. The van der Waals surface area contributed by atoms with Crippen LogP contribution in [0.25, 0.3) is 17.4 Å². The van der Waals surface area contributed by atoms with Crippen LogP contribution in [-0.4, -0.2) is 22.6 Å². The number of ether oxygens (including phenoxy) is 1. The summed E-state index contributed by atoms with van der Waals surface area (Å²) in [7, 11) is 1.29. The summed E-state index contributed by atoms with van der Waals surface area (Å²) in [4.78, 5) is 41.9. The summed E-state index contributed by atoms with van der Waals surface area (Å²) in [6.07, 6.45) is 1.57. The topological polar surface area (TPSA) is 117 Å². The second-order valence-electron chi connectivity index (χ2n) is 8.11. The third-order valence-corrected chi connectivity index (χ3v) is 7.18. The molecule has 2 aromatic heterocycles. The van der Waals surface area contributed by atoms with Crippen LogP contribution in [0, 0.1) is 10.1 Å². The van der Waals surface area contributed by atoms with Crippen molar-refractivity contribution in [2.75, 3.05) is 7.11 Å². The van der Waals surface area contributed by atoms with Crippen LogP contribution >= 0.6 is 22.9 Å². The number of allylic oxidation sites excluding steroid dienone is 1. The number of hydrogen-bond acceptors (Lipinski definition) is 8. The third-order valence-electron chi connectivity index (χ3n) is 5.87. The van der Waals surface area contributed by atoms with Gasteiger partial charge in [-0.25, -0.2) is 9.79 Å². The number of nitrogens with zero attached hydrogens (tertiary/aromatic N) is 3. The van der Waals surface area contributed by atoms with Gasteiger partial charge in [-0.1, -0.05) is 53.3 Å². The van der Waals surface area contributed by atoms with Gasteiger partial charge in [-0.05, 0) is 30.7 Å². The van der Waals surface area contributed by atoms with Gasteiger partial charge in [0.15, 0.2) is 4.80 Å². The molecule has 37 heavy (non-hydrogen) atoms. The van der Waals surface area contributed by atoms with Crippen molar-refractivity contribution in [3.63, 3.8) is 0 Å². The molecule has 0 saturated heterocycles. The van der Waals surface area contributed by atoms with E-state index in [0.29, 0.717) is 37.1 Å². The van der Waals surface area contributed by atoms with Gasteiger partial charge in [-0.15, -0.1) is 0 Å². The van der Waals surface area contributed by atoms with Gasteiger partial charge in [-0.2, -0.15) is 0 Å². The first-order valence-electron chi connectivity index (χ1n) is 11.0. The van der Waals surface area contributed by atoms with Crippen molar-refractivity contribution >= 4 is 40.7 Å². The minimum absolute atomic E-state index is 0.122. The number of fused-ring (bicyclic) bond motifs is 1. The Morgan fingerprint density at radius 2 is 1.97 bits per heavy atom. The van der Waals surface area contributed by atoms with Gasteiger partial charge in [0, 0.05) is 23.8 Å². The maximum Gasteiger partial charge on any atom is 0.338 e.